The molecule has 0 aromatic carbocycles. The Balaban J connectivity index is 2.88. The predicted molar refractivity (Wildman–Crippen MR) is 106 cm³/mol. The monoisotopic (exact) mass is 432 g/mol. The van der Waals surface area contributed by atoms with Crippen LogP contribution in [0.5, 0.6) is 0 Å². The Morgan fingerprint density at radius 3 is 0.967 bits per heavy atom. The lowest BCUT2D eigenvalue weighted by Crippen LogP contribution is -2.48. The molecule has 0 aromatic rings. The van der Waals surface area contributed by atoms with Crippen molar-refractivity contribution in [3.63, 3.8) is 0 Å². The lowest BCUT2D eigenvalue weighted by Gasteiger charge is -2.33. The van der Waals surface area contributed by atoms with E-state index in [0.717, 1.165) is 0 Å². The minimum Gasteiger partial charge on any atom is -0.481 e. The van der Waals surface area contributed by atoms with E-state index in [1.807, 2.05) is 9.80 Å². The van der Waals surface area contributed by atoms with Gasteiger partial charge in [-0.05, 0) is 0 Å². The number of hydrogen-bond acceptors (Lipinski definition) is 8. The summed E-state index contributed by atoms with van der Waals surface area (Å²) in [6, 6.07) is 0. The second-order valence-electron chi connectivity index (χ2n) is 7.31. The van der Waals surface area contributed by atoms with Crippen LogP contribution in [0.15, 0.2) is 0 Å². The van der Waals surface area contributed by atoms with E-state index in [1.165, 1.54) is 0 Å². The van der Waals surface area contributed by atoms with Crippen LogP contribution in [0.3, 0.4) is 0 Å². The number of carboxylic acids is 4. The second kappa shape index (κ2) is 13.9. The van der Waals surface area contributed by atoms with Gasteiger partial charge in [0, 0.05) is 65.4 Å². The molecule has 4 N–H and O–H groups in total. The number of hydrogen-bond donors (Lipinski definition) is 4. The van der Waals surface area contributed by atoms with Gasteiger partial charge in [-0.1, -0.05) is 0 Å². The molecule has 30 heavy (non-hydrogen) atoms. The van der Waals surface area contributed by atoms with Crippen molar-refractivity contribution in [1.82, 2.24) is 19.6 Å². The van der Waals surface area contributed by atoms with Crippen molar-refractivity contribution in [2.45, 2.75) is 12.8 Å². The zero-order valence-corrected chi connectivity index (χ0v) is 17.1. The average Bonchev–Trinajstić information content (AvgIpc) is 2.63. The van der Waals surface area contributed by atoms with Crippen LogP contribution in [-0.2, 0) is 19.2 Å². The molecule has 1 aliphatic rings. The van der Waals surface area contributed by atoms with Crippen molar-refractivity contribution < 1.29 is 39.6 Å². The normalized spacial score (nSPS) is 18.9. The number of rotatable bonds is 10. The summed E-state index contributed by atoms with van der Waals surface area (Å²) in [5.41, 5.74) is 0. The van der Waals surface area contributed by atoms with Crippen molar-refractivity contribution in [1.29, 1.82) is 0 Å². The summed E-state index contributed by atoms with van der Waals surface area (Å²) in [5.74, 6) is -3.81. The highest BCUT2D eigenvalue weighted by atomic mass is 16.4. The first-order chi connectivity index (χ1) is 14.2. The van der Waals surface area contributed by atoms with E-state index in [2.05, 4.69) is 0 Å². The van der Waals surface area contributed by atoms with E-state index in [1.54, 1.807) is 9.80 Å². The minimum absolute atomic E-state index is 0.0412. The first kappa shape index (κ1) is 25.8. The van der Waals surface area contributed by atoms with Crippen LogP contribution in [0.25, 0.3) is 0 Å². The summed E-state index contributed by atoms with van der Waals surface area (Å²) in [7, 11) is 0. The molecule has 0 spiro atoms. The summed E-state index contributed by atoms with van der Waals surface area (Å²) in [6.45, 7) is 3.74. The van der Waals surface area contributed by atoms with Gasteiger partial charge in [0.05, 0.1) is 25.9 Å². The molecular weight excluding hydrogens is 400 g/mol. The highest BCUT2D eigenvalue weighted by Crippen LogP contribution is 2.03. The van der Waals surface area contributed by atoms with Gasteiger partial charge in [0.2, 0.25) is 0 Å². The fourth-order valence-corrected chi connectivity index (χ4v) is 3.23. The van der Waals surface area contributed by atoms with E-state index >= 15 is 0 Å². The third-order valence-corrected chi connectivity index (χ3v) is 4.93. The molecule has 1 saturated heterocycles. The largest absolute Gasteiger partial charge is 0.481 e. The first-order valence-corrected chi connectivity index (χ1v) is 9.92. The Hall–Kier alpha value is -2.28. The Labute approximate surface area is 175 Å². The molecule has 0 unspecified atom stereocenters. The zero-order valence-electron chi connectivity index (χ0n) is 17.1. The average molecular weight is 432 g/mol. The Kier molecular flexibility index (Phi) is 11.9. The topological polar surface area (TPSA) is 162 Å². The summed E-state index contributed by atoms with van der Waals surface area (Å²) in [4.78, 5) is 51.6. The zero-order chi connectivity index (χ0) is 22.5. The van der Waals surface area contributed by atoms with Gasteiger partial charge in [0.1, 0.15) is 0 Å². The highest BCUT2D eigenvalue weighted by molar-refractivity contribution is 5.69. The lowest BCUT2D eigenvalue weighted by molar-refractivity contribution is -0.140. The molecule has 0 saturated carbocycles. The van der Waals surface area contributed by atoms with Crippen LogP contribution in [0.1, 0.15) is 12.8 Å². The number of nitrogens with zero attached hydrogens (tertiary/aromatic N) is 4. The molecule has 0 aliphatic carbocycles. The molecule has 1 fully saturated rings. The van der Waals surface area contributed by atoms with Gasteiger partial charge in [-0.15, -0.1) is 0 Å². The third kappa shape index (κ3) is 12.3. The van der Waals surface area contributed by atoms with Crippen LogP contribution >= 0.6 is 0 Å². The fraction of sp³-hybridized carbons (Fsp3) is 0.778. The molecule has 0 bridgehead atoms. The van der Waals surface area contributed by atoms with Crippen molar-refractivity contribution in [3.8, 4) is 0 Å². The summed E-state index contributed by atoms with van der Waals surface area (Å²) < 4.78 is 0. The van der Waals surface area contributed by atoms with E-state index in [-0.39, 0.29) is 25.9 Å². The van der Waals surface area contributed by atoms with E-state index in [4.69, 9.17) is 20.4 Å². The number of carbonyl (C=O) groups is 4. The van der Waals surface area contributed by atoms with Crippen molar-refractivity contribution >= 4 is 23.9 Å². The predicted octanol–water partition coefficient (Wildman–Crippen LogP) is -1.67. The quantitative estimate of drug-likeness (QED) is 0.311. The number of aliphatic carboxylic acids is 4. The van der Waals surface area contributed by atoms with Crippen LogP contribution < -0.4 is 0 Å². The van der Waals surface area contributed by atoms with Gasteiger partial charge in [0.15, 0.2) is 0 Å². The van der Waals surface area contributed by atoms with Crippen LogP contribution in [0.2, 0.25) is 0 Å². The second-order valence-corrected chi connectivity index (χ2v) is 7.31. The van der Waals surface area contributed by atoms with E-state index in [0.29, 0.717) is 65.4 Å². The van der Waals surface area contributed by atoms with Gasteiger partial charge >= 0.3 is 23.9 Å². The van der Waals surface area contributed by atoms with Crippen LogP contribution in [0, 0.1) is 0 Å². The maximum absolute atomic E-state index is 11.2. The molecular formula is C18H32N4O8. The molecule has 172 valence electrons. The third-order valence-electron chi connectivity index (χ3n) is 4.93. The molecule has 0 radical (unpaired) electrons. The molecule has 1 rings (SSSR count). The standard InChI is InChI=1S/C18H32N4O8/c23-15(24)1-3-19-5-6-20(4-2-16(25)26)8-10-22(14-18(29)30)12-11-21(9-7-19)13-17(27)28/h1-14H2,(H,23,24)(H,25,26)(H,27,28)(H,29,30). The van der Waals surface area contributed by atoms with Gasteiger partial charge < -0.3 is 30.2 Å². The molecule has 0 atom stereocenters. The van der Waals surface area contributed by atoms with E-state index < -0.39 is 23.9 Å². The van der Waals surface area contributed by atoms with Crippen LogP contribution in [0.4, 0.5) is 0 Å². The van der Waals surface area contributed by atoms with Crippen molar-refractivity contribution in [3.05, 3.63) is 0 Å². The van der Waals surface area contributed by atoms with Crippen molar-refractivity contribution in [2.75, 3.05) is 78.5 Å². The molecule has 12 heteroatoms. The van der Waals surface area contributed by atoms with E-state index in [9.17, 15) is 19.2 Å². The molecule has 1 aliphatic heterocycles. The van der Waals surface area contributed by atoms with Gasteiger partial charge in [0.25, 0.3) is 0 Å². The summed E-state index contributed by atoms with van der Waals surface area (Å²) >= 11 is 0. The van der Waals surface area contributed by atoms with Gasteiger partial charge in [-0.3, -0.25) is 29.0 Å². The smallest absolute Gasteiger partial charge is 0.317 e. The molecule has 1 heterocycles. The molecule has 0 amide bonds. The van der Waals surface area contributed by atoms with Gasteiger partial charge in [-0.2, -0.15) is 0 Å². The Morgan fingerprint density at radius 2 is 0.733 bits per heavy atom. The minimum atomic E-state index is -0.983. The SMILES string of the molecule is O=C(O)CCN1CCN(CCC(=O)O)CCN(CC(=O)O)CCN(CC(=O)O)CC1. The fourth-order valence-electron chi connectivity index (χ4n) is 3.23. The lowest BCUT2D eigenvalue weighted by atomic mass is 10.3. The Bertz CT molecular complexity index is 539. The molecule has 12 nitrogen and oxygen atoms in total. The highest BCUT2D eigenvalue weighted by Gasteiger charge is 2.19. The molecule has 0 aromatic heterocycles. The Morgan fingerprint density at radius 1 is 0.467 bits per heavy atom. The summed E-state index contributed by atoms with van der Waals surface area (Å²) in [6.07, 6.45) is -0.0824. The van der Waals surface area contributed by atoms with Crippen molar-refractivity contribution in [2.24, 2.45) is 0 Å². The maximum Gasteiger partial charge on any atom is 0.317 e. The maximum atomic E-state index is 11.2. The van der Waals surface area contributed by atoms with Crippen LogP contribution in [-0.4, -0.2) is 142 Å². The number of carboxylic acid groups (broad SMARTS) is 4. The summed E-state index contributed by atoms with van der Waals surface area (Å²) in [5, 5.41) is 36.3. The van der Waals surface area contributed by atoms with Gasteiger partial charge in [-0.25, -0.2) is 0 Å². The first-order valence-electron chi connectivity index (χ1n) is 9.92.